The van der Waals surface area contributed by atoms with Gasteiger partial charge in [0, 0.05) is 44.1 Å². The molecular formula is C23H29N3O2. The lowest BCUT2D eigenvalue weighted by molar-refractivity contribution is 0.0495. The first kappa shape index (κ1) is 18.9. The van der Waals surface area contributed by atoms with E-state index in [9.17, 15) is 4.79 Å². The van der Waals surface area contributed by atoms with Crippen LogP contribution in [0.5, 0.6) is 0 Å². The van der Waals surface area contributed by atoms with Crippen LogP contribution in [0.3, 0.4) is 0 Å². The normalized spacial score (nSPS) is 21.9. The highest BCUT2D eigenvalue weighted by Crippen LogP contribution is 2.35. The van der Waals surface area contributed by atoms with E-state index in [0.29, 0.717) is 6.54 Å². The number of rotatable bonds is 4. The molecule has 0 aliphatic carbocycles. The summed E-state index contributed by atoms with van der Waals surface area (Å²) in [5.74, 6) is 0. The molecule has 2 amide bonds. The monoisotopic (exact) mass is 379 g/mol. The molecule has 3 heterocycles. The fourth-order valence-corrected chi connectivity index (χ4v) is 4.56. The highest BCUT2D eigenvalue weighted by atomic mass is 16.5. The number of likely N-dealkylation sites (tertiary alicyclic amines) is 1. The average Bonchev–Trinajstić information content (AvgIpc) is 2.79. The molecule has 2 fully saturated rings. The van der Waals surface area contributed by atoms with E-state index < -0.39 is 0 Å². The number of aromatic nitrogens is 1. The quantitative estimate of drug-likeness (QED) is 0.871. The lowest BCUT2D eigenvalue weighted by Crippen LogP contribution is -2.50. The van der Waals surface area contributed by atoms with Crippen molar-refractivity contribution in [3.8, 4) is 0 Å². The molecular weight excluding hydrogens is 350 g/mol. The molecule has 0 spiro atoms. The Labute approximate surface area is 167 Å². The molecule has 2 saturated heterocycles. The first-order chi connectivity index (χ1) is 13.8. The second-order valence-corrected chi connectivity index (χ2v) is 7.91. The predicted molar refractivity (Wildman–Crippen MR) is 109 cm³/mol. The zero-order chi connectivity index (χ0) is 19.2. The third-order valence-electron chi connectivity index (χ3n) is 6.25. The van der Waals surface area contributed by atoms with Crippen LogP contribution in [0, 0.1) is 0 Å². The average molecular weight is 380 g/mol. The van der Waals surface area contributed by atoms with Gasteiger partial charge < -0.3 is 15.0 Å². The Hall–Kier alpha value is -2.40. The molecule has 0 saturated carbocycles. The SMILES string of the molecule is O=C(NCC1(c2ccccc2)CCOCC1)N1CCCC[C@@H]1c1cccnc1. The molecule has 0 bridgehead atoms. The van der Waals surface area contributed by atoms with Gasteiger partial charge in [0.15, 0.2) is 0 Å². The van der Waals surface area contributed by atoms with Crippen LogP contribution in [-0.2, 0) is 10.2 Å². The Balaban J connectivity index is 1.48. The van der Waals surface area contributed by atoms with Gasteiger partial charge in [-0.25, -0.2) is 4.79 Å². The lowest BCUT2D eigenvalue weighted by Gasteiger charge is -2.40. The summed E-state index contributed by atoms with van der Waals surface area (Å²) in [6, 6.07) is 14.7. The van der Waals surface area contributed by atoms with Crippen LogP contribution in [0.15, 0.2) is 54.9 Å². The van der Waals surface area contributed by atoms with Crippen molar-refractivity contribution in [1.82, 2.24) is 15.2 Å². The van der Waals surface area contributed by atoms with Crippen LogP contribution in [0.2, 0.25) is 0 Å². The maximum atomic E-state index is 13.2. The van der Waals surface area contributed by atoms with Crippen LogP contribution in [0.1, 0.15) is 49.3 Å². The number of nitrogens with zero attached hydrogens (tertiary/aromatic N) is 2. The van der Waals surface area contributed by atoms with Crippen molar-refractivity contribution in [1.29, 1.82) is 0 Å². The molecule has 2 aliphatic heterocycles. The highest BCUT2D eigenvalue weighted by molar-refractivity contribution is 5.75. The number of carbonyl (C=O) groups is 1. The molecule has 4 rings (SSSR count). The number of ether oxygens (including phenoxy) is 1. The molecule has 0 unspecified atom stereocenters. The zero-order valence-corrected chi connectivity index (χ0v) is 16.3. The number of hydrogen-bond acceptors (Lipinski definition) is 3. The second kappa shape index (κ2) is 8.74. The van der Waals surface area contributed by atoms with E-state index in [0.717, 1.165) is 57.4 Å². The Morgan fingerprint density at radius 3 is 2.71 bits per heavy atom. The maximum Gasteiger partial charge on any atom is 0.317 e. The van der Waals surface area contributed by atoms with Crippen LogP contribution < -0.4 is 5.32 Å². The fourth-order valence-electron chi connectivity index (χ4n) is 4.56. The van der Waals surface area contributed by atoms with E-state index in [1.807, 2.05) is 23.2 Å². The molecule has 2 aliphatic rings. The van der Waals surface area contributed by atoms with Gasteiger partial charge in [-0.05, 0) is 49.3 Å². The first-order valence-electron chi connectivity index (χ1n) is 10.4. The van der Waals surface area contributed by atoms with Gasteiger partial charge in [-0.15, -0.1) is 0 Å². The lowest BCUT2D eigenvalue weighted by atomic mass is 9.74. The van der Waals surface area contributed by atoms with E-state index in [1.165, 1.54) is 5.56 Å². The summed E-state index contributed by atoms with van der Waals surface area (Å²) >= 11 is 0. The van der Waals surface area contributed by atoms with Crippen molar-refractivity contribution in [2.75, 3.05) is 26.3 Å². The number of hydrogen-bond donors (Lipinski definition) is 1. The number of urea groups is 1. The summed E-state index contributed by atoms with van der Waals surface area (Å²) in [6.07, 6.45) is 8.74. The van der Waals surface area contributed by atoms with E-state index >= 15 is 0 Å². The van der Waals surface area contributed by atoms with Crippen LogP contribution in [0.4, 0.5) is 4.79 Å². The molecule has 1 aromatic carbocycles. The summed E-state index contributed by atoms with van der Waals surface area (Å²) in [5.41, 5.74) is 2.37. The Kier molecular flexibility index (Phi) is 5.91. The topological polar surface area (TPSA) is 54.5 Å². The number of nitrogens with one attached hydrogen (secondary N) is 1. The van der Waals surface area contributed by atoms with E-state index in [-0.39, 0.29) is 17.5 Å². The predicted octanol–water partition coefficient (Wildman–Crippen LogP) is 4.07. The molecule has 2 aromatic rings. The summed E-state index contributed by atoms with van der Waals surface area (Å²) in [7, 11) is 0. The highest BCUT2D eigenvalue weighted by Gasteiger charge is 2.36. The summed E-state index contributed by atoms with van der Waals surface area (Å²) in [6.45, 7) is 2.93. The Morgan fingerprint density at radius 1 is 1.14 bits per heavy atom. The number of piperidine rings is 1. The summed E-state index contributed by atoms with van der Waals surface area (Å²) in [4.78, 5) is 19.4. The van der Waals surface area contributed by atoms with Crippen molar-refractivity contribution in [2.45, 2.75) is 43.6 Å². The molecule has 1 N–H and O–H groups in total. The van der Waals surface area contributed by atoms with E-state index in [2.05, 4.69) is 40.6 Å². The van der Waals surface area contributed by atoms with Crippen molar-refractivity contribution in [3.05, 3.63) is 66.0 Å². The van der Waals surface area contributed by atoms with Gasteiger partial charge in [0.05, 0.1) is 6.04 Å². The summed E-state index contributed by atoms with van der Waals surface area (Å²) < 4.78 is 5.61. The minimum Gasteiger partial charge on any atom is -0.381 e. The van der Waals surface area contributed by atoms with Crippen molar-refractivity contribution in [2.24, 2.45) is 0 Å². The van der Waals surface area contributed by atoms with Gasteiger partial charge >= 0.3 is 6.03 Å². The van der Waals surface area contributed by atoms with Crippen LogP contribution >= 0.6 is 0 Å². The zero-order valence-electron chi connectivity index (χ0n) is 16.3. The largest absolute Gasteiger partial charge is 0.381 e. The molecule has 5 heteroatoms. The number of amides is 2. The molecule has 1 aromatic heterocycles. The van der Waals surface area contributed by atoms with Gasteiger partial charge in [0.2, 0.25) is 0 Å². The molecule has 5 nitrogen and oxygen atoms in total. The Morgan fingerprint density at radius 2 is 1.96 bits per heavy atom. The fraction of sp³-hybridized carbons (Fsp3) is 0.478. The second-order valence-electron chi connectivity index (χ2n) is 7.91. The summed E-state index contributed by atoms with van der Waals surface area (Å²) in [5, 5.41) is 3.27. The minimum absolute atomic E-state index is 0.0374. The third-order valence-corrected chi connectivity index (χ3v) is 6.25. The smallest absolute Gasteiger partial charge is 0.317 e. The first-order valence-corrected chi connectivity index (χ1v) is 10.4. The van der Waals surface area contributed by atoms with Crippen molar-refractivity contribution in [3.63, 3.8) is 0 Å². The van der Waals surface area contributed by atoms with Crippen molar-refractivity contribution >= 4 is 6.03 Å². The van der Waals surface area contributed by atoms with Gasteiger partial charge in [-0.2, -0.15) is 0 Å². The molecule has 148 valence electrons. The van der Waals surface area contributed by atoms with Crippen LogP contribution in [0.25, 0.3) is 0 Å². The van der Waals surface area contributed by atoms with Gasteiger partial charge in [0.25, 0.3) is 0 Å². The number of pyridine rings is 1. The molecule has 0 radical (unpaired) electrons. The third kappa shape index (κ3) is 4.04. The molecule has 1 atom stereocenters. The number of benzene rings is 1. The van der Waals surface area contributed by atoms with E-state index in [4.69, 9.17) is 4.74 Å². The minimum atomic E-state index is -0.0469. The maximum absolute atomic E-state index is 13.2. The molecule has 28 heavy (non-hydrogen) atoms. The standard InChI is InChI=1S/C23H29N3O2/c27-22(26-14-5-4-10-21(26)19-7-6-13-24-17-19)25-18-23(11-15-28-16-12-23)20-8-2-1-3-9-20/h1-3,6-9,13,17,21H,4-5,10-12,14-16,18H2,(H,25,27)/t21-/m1/s1. The van der Waals surface area contributed by atoms with Crippen LogP contribution in [-0.4, -0.2) is 42.2 Å². The van der Waals surface area contributed by atoms with Gasteiger partial charge in [-0.1, -0.05) is 36.4 Å². The Bertz CT molecular complexity index is 760. The van der Waals surface area contributed by atoms with E-state index in [1.54, 1.807) is 6.20 Å². The number of carbonyl (C=O) groups excluding carboxylic acids is 1. The van der Waals surface area contributed by atoms with Crippen molar-refractivity contribution < 1.29 is 9.53 Å². The van der Waals surface area contributed by atoms with Gasteiger partial charge in [0.1, 0.15) is 0 Å². The van der Waals surface area contributed by atoms with Gasteiger partial charge in [-0.3, -0.25) is 4.98 Å².